The van der Waals surface area contributed by atoms with Crippen molar-refractivity contribution in [2.75, 3.05) is 13.7 Å². The first-order chi connectivity index (χ1) is 10.1. The van der Waals surface area contributed by atoms with Crippen LogP contribution in [0.1, 0.15) is 25.5 Å². The van der Waals surface area contributed by atoms with Gasteiger partial charge in [-0.2, -0.15) is 0 Å². The molecule has 0 heterocycles. The van der Waals surface area contributed by atoms with Crippen LogP contribution in [0, 0.1) is 11.6 Å². The van der Waals surface area contributed by atoms with Crippen LogP contribution >= 0.6 is 0 Å². The highest BCUT2D eigenvalue weighted by atomic mass is 19.1. The van der Waals surface area contributed by atoms with Gasteiger partial charge in [0.05, 0.1) is 7.11 Å². The second kappa shape index (κ2) is 6.68. The molecule has 1 atom stereocenters. The van der Waals surface area contributed by atoms with Crippen LogP contribution in [0.2, 0.25) is 0 Å². The molecule has 0 fully saturated rings. The van der Waals surface area contributed by atoms with Gasteiger partial charge < -0.3 is 10.1 Å². The molecule has 0 aliphatic carbocycles. The second-order valence-corrected chi connectivity index (χ2v) is 4.87. The third-order valence-corrected chi connectivity index (χ3v) is 3.46. The highest BCUT2D eigenvalue weighted by Crippen LogP contribution is 2.29. The Balaban J connectivity index is 2.43. The fraction of sp³-hybridized carbons (Fsp3) is 0.294. The molecule has 0 aliphatic rings. The Morgan fingerprint density at radius 1 is 1.10 bits per heavy atom. The molecule has 0 bridgehead atoms. The lowest BCUT2D eigenvalue weighted by molar-refractivity contribution is 0.386. The van der Waals surface area contributed by atoms with Crippen molar-refractivity contribution in [2.45, 2.75) is 19.9 Å². The summed E-state index contributed by atoms with van der Waals surface area (Å²) < 4.78 is 32.7. The van der Waals surface area contributed by atoms with Crippen LogP contribution in [-0.4, -0.2) is 13.7 Å². The minimum Gasteiger partial charge on any atom is -0.494 e. The molecule has 1 unspecified atom stereocenters. The molecular weight excluding hydrogens is 272 g/mol. The largest absolute Gasteiger partial charge is 0.494 e. The van der Waals surface area contributed by atoms with Crippen LogP contribution in [0.15, 0.2) is 36.4 Å². The molecule has 0 amide bonds. The lowest BCUT2D eigenvalue weighted by Gasteiger charge is -2.15. The Morgan fingerprint density at radius 2 is 1.86 bits per heavy atom. The van der Waals surface area contributed by atoms with Crippen LogP contribution in [0.4, 0.5) is 8.78 Å². The van der Waals surface area contributed by atoms with Crippen molar-refractivity contribution in [3.8, 4) is 16.9 Å². The maximum atomic E-state index is 14.0. The summed E-state index contributed by atoms with van der Waals surface area (Å²) in [6, 6.07) is 9.47. The van der Waals surface area contributed by atoms with Crippen LogP contribution in [0.3, 0.4) is 0 Å². The molecule has 2 aromatic rings. The summed E-state index contributed by atoms with van der Waals surface area (Å²) in [7, 11) is 1.40. The predicted octanol–water partition coefficient (Wildman–Crippen LogP) is 4.31. The summed E-state index contributed by atoms with van der Waals surface area (Å²) in [5.41, 5.74) is 1.85. The van der Waals surface area contributed by atoms with Crippen molar-refractivity contribution >= 4 is 0 Å². The zero-order valence-corrected chi connectivity index (χ0v) is 12.4. The highest BCUT2D eigenvalue weighted by molar-refractivity contribution is 5.66. The van der Waals surface area contributed by atoms with Crippen LogP contribution in [0.5, 0.6) is 5.75 Å². The molecule has 0 radical (unpaired) electrons. The van der Waals surface area contributed by atoms with Gasteiger partial charge >= 0.3 is 0 Å². The number of halogens is 2. The maximum absolute atomic E-state index is 14.0. The van der Waals surface area contributed by atoms with E-state index in [4.69, 9.17) is 4.74 Å². The minimum atomic E-state index is -0.500. The smallest absolute Gasteiger partial charge is 0.165 e. The molecule has 1 N–H and O–H groups in total. The van der Waals surface area contributed by atoms with Gasteiger partial charge in [-0.15, -0.1) is 0 Å². The van der Waals surface area contributed by atoms with Gasteiger partial charge in [-0.1, -0.05) is 19.1 Å². The number of hydrogen-bond acceptors (Lipinski definition) is 2. The van der Waals surface area contributed by atoms with E-state index in [1.54, 1.807) is 18.2 Å². The normalized spacial score (nSPS) is 12.2. The Bertz CT molecular complexity index is 628. The molecule has 21 heavy (non-hydrogen) atoms. The van der Waals surface area contributed by atoms with E-state index in [1.165, 1.54) is 25.3 Å². The first-order valence-electron chi connectivity index (χ1n) is 6.93. The number of nitrogens with one attached hydrogen (secondary N) is 1. The zero-order chi connectivity index (χ0) is 15.4. The summed E-state index contributed by atoms with van der Waals surface area (Å²) in [5.74, 6) is -0.720. The van der Waals surface area contributed by atoms with Gasteiger partial charge in [0.15, 0.2) is 11.6 Å². The molecule has 0 spiro atoms. The number of hydrogen-bond donors (Lipinski definition) is 1. The topological polar surface area (TPSA) is 21.3 Å². The molecule has 2 rings (SSSR count). The lowest BCUT2D eigenvalue weighted by atomic mass is 9.99. The van der Waals surface area contributed by atoms with Crippen LogP contribution in [0.25, 0.3) is 11.1 Å². The van der Waals surface area contributed by atoms with Crippen LogP contribution in [-0.2, 0) is 0 Å². The summed E-state index contributed by atoms with van der Waals surface area (Å²) in [6.45, 7) is 4.85. The minimum absolute atomic E-state index is 0.109. The molecule has 0 aliphatic heterocycles. The monoisotopic (exact) mass is 291 g/mol. The first-order valence-corrected chi connectivity index (χ1v) is 6.93. The molecule has 0 aromatic heterocycles. The van der Waals surface area contributed by atoms with Gasteiger partial charge in [0, 0.05) is 11.6 Å². The molecule has 4 heteroatoms. The predicted molar refractivity (Wildman–Crippen MR) is 80.4 cm³/mol. The van der Waals surface area contributed by atoms with Crippen molar-refractivity contribution in [3.05, 3.63) is 53.6 Å². The SMILES string of the molecule is CCNC(C)c1ccc(F)c(-c2ccc(OC)c(F)c2)c1. The summed E-state index contributed by atoms with van der Waals surface area (Å²) >= 11 is 0. The molecule has 112 valence electrons. The second-order valence-electron chi connectivity index (χ2n) is 4.87. The van der Waals surface area contributed by atoms with E-state index in [1.807, 2.05) is 13.8 Å². The maximum Gasteiger partial charge on any atom is 0.165 e. The fourth-order valence-electron chi connectivity index (χ4n) is 2.29. The van der Waals surface area contributed by atoms with Crippen molar-refractivity contribution in [1.82, 2.24) is 5.32 Å². The van der Waals surface area contributed by atoms with E-state index in [0.29, 0.717) is 11.1 Å². The van der Waals surface area contributed by atoms with Crippen molar-refractivity contribution in [1.29, 1.82) is 0 Å². The Hall–Kier alpha value is -1.94. The molecule has 2 aromatic carbocycles. The van der Waals surface area contributed by atoms with Crippen molar-refractivity contribution < 1.29 is 13.5 Å². The summed E-state index contributed by atoms with van der Waals surface area (Å²) in [6.07, 6.45) is 0. The fourth-order valence-corrected chi connectivity index (χ4v) is 2.29. The number of methoxy groups -OCH3 is 1. The Morgan fingerprint density at radius 3 is 2.48 bits per heavy atom. The average molecular weight is 291 g/mol. The molecule has 0 saturated heterocycles. The van der Waals surface area contributed by atoms with E-state index in [-0.39, 0.29) is 17.6 Å². The van der Waals surface area contributed by atoms with E-state index in [9.17, 15) is 8.78 Å². The summed E-state index contributed by atoms with van der Waals surface area (Å²) in [4.78, 5) is 0. The van der Waals surface area contributed by atoms with Crippen LogP contribution < -0.4 is 10.1 Å². The van der Waals surface area contributed by atoms with E-state index in [2.05, 4.69) is 5.32 Å². The number of rotatable bonds is 5. The zero-order valence-electron chi connectivity index (χ0n) is 12.4. The number of ether oxygens (including phenoxy) is 1. The van der Waals surface area contributed by atoms with Gasteiger partial charge in [0.1, 0.15) is 5.82 Å². The van der Waals surface area contributed by atoms with E-state index in [0.717, 1.165) is 12.1 Å². The third-order valence-electron chi connectivity index (χ3n) is 3.46. The van der Waals surface area contributed by atoms with Gasteiger partial charge in [-0.05, 0) is 48.9 Å². The van der Waals surface area contributed by atoms with Gasteiger partial charge in [0.2, 0.25) is 0 Å². The third kappa shape index (κ3) is 3.39. The standard InChI is InChI=1S/C17H19F2NO/c1-4-20-11(2)12-5-7-15(18)14(9-12)13-6-8-17(21-3)16(19)10-13/h5-11,20H,4H2,1-3H3. The molecule has 0 saturated carbocycles. The van der Waals surface area contributed by atoms with E-state index < -0.39 is 5.82 Å². The molecule has 2 nitrogen and oxygen atoms in total. The van der Waals surface area contributed by atoms with Gasteiger partial charge in [0.25, 0.3) is 0 Å². The first kappa shape index (κ1) is 15.4. The van der Waals surface area contributed by atoms with Crippen molar-refractivity contribution in [2.24, 2.45) is 0 Å². The van der Waals surface area contributed by atoms with Gasteiger partial charge in [-0.25, -0.2) is 8.78 Å². The Labute approximate surface area is 123 Å². The summed E-state index contributed by atoms with van der Waals surface area (Å²) in [5, 5.41) is 3.27. The van der Waals surface area contributed by atoms with Gasteiger partial charge in [-0.3, -0.25) is 0 Å². The lowest BCUT2D eigenvalue weighted by Crippen LogP contribution is -2.17. The molecular formula is C17H19F2NO. The van der Waals surface area contributed by atoms with E-state index >= 15 is 0 Å². The highest BCUT2D eigenvalue weighted by Gasteiger charge is 2.12. The number of benzene rings is 2. The average Bonchev–Trinajstić information content (AvgIpc) is 2.48. The quantitative estimate of drug-likeness (QED) is 0.886. The Kier molecular flexibility index (Phi) is 4.91. The van der Waals surface area contributed by atoms with Crippen molar-refractivity contribution in [3.63, 3.8) is 0 Å².